The molecule has 1 amide bonds. The highest BCUT2D eigenvalue weighted by Gasteiger charge is 2.34. The number of hydrogen-bond acceptors (Lipinski definition) is 3. The molecule has 0 aliphatic heterocycles. The number of aryl methyl sites for hydroxylation is 1. The summed E-state index contributed by atoms with van der Waals surface area (Å²) in [6, 6.07) is 12.5. The van der Waals surface area contributed by atoms with Gasteiger partial charge in [0.2, 0.25) is 0 Å². The largest absolute Gasteiger partial charge is 0.418 e. The Bertz CT molecular complexity index is 992. The first-order valence-corrected chi connectivity index (χ1v) is 7.99. The maximum absolute atomic E-state index is 13.1. The summed E-state index contributed by atoms with van der Waals surface area (Å²) in [5.74, 6) is -0.216. The number of nitrogens with one attached hydrogen (secondary N) is 1. The first-order chi connectivity index (χ1) is 12.4. The van der Waals surface area contributed by atoms with Crippen LogP contribution in [0.2, 0.25) is 0 Å². The average Bonchev–Trinajstić information content (AvgIpc) is 3.06. The Morgan fingerprint density at radius 3 is 2.58 bits per heavy atom. The quantitative estimate of drug-likeness (QED) is 0.722. The van der Waals surface area contributed by atoms with Gasteiger partial charge in [0.1, 0.15) is 0 Å². The second-order valence-corrected chi connectivity index (χ2v) is 5.99. The minimum atomic E-state index is -4.56. The van der Waals surface area contributed by atoms with Gasteiger partial charge in [-0.3, -0.25) is 4.79 Å². The molecule has 4 nitrogen and oxygen atoms in total. The number of aromatic nitrogens is 1. The van der Waals surface area contributed by atoms with Gasteiger partial charge in [-0.1, -0.05) is 41.6 Å². The molecule has 132 valence electrons. The average molecular weight is 358 g/mol. The van der Waals surface area contributed by atoms with Crippen molar-refractivity contribution in [3.8, 4) is 11.3 Å². The van der Waals surface area contributed by atoms with E-state index >= 15 is 0 Å². The second kappa shape index (κ2) is 6.01. The Kier molecular flexibility index (Phi) is 3.79. The van der Waals surface area contributed by atoms with Crippen molar-refractivity contribution in [2.45, 2.75) is 19.0 Å². The number of alkyl halides is 3. The van der Waals surface area contributed by atoms with E-state index in [4.69, 9.17) is 4.52 Å². The molecule has 0 spiro atoms. The van der Waals surface area contributed by atoms with Crippen LogP contribution in [0.1, 0.15) is 27.2 Å². The number of amides is 1. The van der Waals surface area contributed by atoms with Gasteiger partial charge in [0, 0.05) is 11.1 Å². The lowest BCUT2D eigenvalue weighted by Crippen LogP contribution is -2.18. The lowest BCUT2D eigenvalue weighted by atomic mass is 9.89. The lowest BCUT2D eigenvalue weighted by molar-refractivity contribution is -0.136. The predicted molar refractivity (Wildman–Crippen MR) is 88.7 cm³/mol. The van der Waals surface area contributed by atoms with Gasteiger partial charge < -0.3 is 9.84 Å². The molecule has 0 radical (unpaired) electrons. The van der Waals surface area contributed by atoms with Crippen LogP contribution in [0.15, 0.2) is 53.1 Å². The Balaban J connectivity index is 1.68. The molecule has 4 rings (SSSR count). The summed E-state index contributed by atoms with van der Waals surface area (Å²) in [4.78, 5) is 12.5. The Morgan fingerprint density at radius 2 is 1.77 bits per heavy atom. The molecule has 0 saturated carbocycles. The first-order valence-electron chi connectivity index (χ1n) is 7.99. The van der Waals surface area contributed by atoms with E-state index in [9.17, 15) is 18.0 Å². The summed E-state index contributed by atoms with van der Waals surface area (Å²) >= 11 is 0. The summed E-state index contributed by atoms with van der Waals surface area (Å²) < 4.78 is 44.6. The minimum absolute atomic E-state index is 0.0199. The van der Waals surface area contributed by atoms with Crippen molar-refractivity contribution in [3.05, 3.63) is 70.9 Å². The fourth-order valence-corrected chi connectivity index (χ4v) is 3.17. The summed E-state index contributed by atoms with van der Waals surface area (Å²) in [6.07, 6.45) is -3.31. The number of benzene rings is 2. The van der Waals surface area contributed by atoms with Crippen molar-refractivity contribution < 1.29 is 22.5 Å². The number of anilines is 1. The molecule has 1 aliphatic rings. The Morgan fingerprint density at radius 1 is 1.04 bits per heavy atom. The van der Waals surface area contributed by atoms with Crippen LogP contribution in [0.3, 0.4) is 0 Å². The number of halogens is 3. The van der Waals surface area contributed by atoms with Crippen LogP contribution in [0.5, 0.6) is 0 Å². The van der Waals surface area contributed by atoms with Crippen LogP contribution < -0.4 is 5.32 Å². The van der Waals surface area contributed by atoms with Crippen LogP contribution in [0, 0.1) is 0 Å². The zero-order valence-corrected chi connectivity index (χ0v) is 13.4. The van der Waals surface area contributed by atoms with E-state index in [1.165, 1.54) is 18.2 Å². The van der Waals surface area contributed by atoms with E-state index in [0.717, 1.165) is 17.2 Å². The van der Waals surface area contributed by atoms with Crippen molar-refractivity contribution >= 4 is 11.6 Å². The van der Waals surface area contributed by atoms with Crippen LogP contribution in [-0.2, 0) is 19.0 Å². The molecular weight excluding hydrogens is 345 g/mol. The van der Waals surface area contributed by atoms with Crippen LogP contribution in [-0.4, -0.2) is 11.1 Å². The van der Waals surface area contributed by atoms with Gasteiger partial charge in [0.05, 0.1) is 11.3 Å². The zero-order chi connectivity index (χ0) is 18.3. The third kappa shape index (κ3) is 2.75. The number of carbonyl (C=O) groups is 1. The van der Waals surface area contributed by atoms with Gasteiger partial charge in [0.15, 0.2) is 11.5 Å². The monoisotopic (exact) mass is 358 g/mol. The molecule has 0 unspecified atom stereocenters. The van der Waals surface area contributed by atoms with E-state index in [0.29, 0.717) is 24.2 Å². The van der Waals surface area contributed by atoms with E-state index < -0.39 is 17.6 Å². The third-order valence-corrected chi connectivity index (χ3v) is 4.39. The molecule has 26 heavy (non-hydrogen) atoms. The molecule has 1 heterocycles. The highest BCUT2D eigenvalue weighted by atomic mass is 19.4. The molecule has 1 N–H and O–H groups in total. The Hall–Kier alpha value is -3.09. The fourth-order valence-electron chi connectivity index (χ4n) is 3.17. The second-order valence-electron chi connectivity index (χ2n) is 5.99. The van der Waals surface area contributed by atoms with Gasteiger partial charge >= 0.3 is 6.18 Å². The number of nitrogens with zero attached hydrogens (tertiary/aromatic N) is 1. The predicted octanol–water partition coefficient (Wildman–Crippen LogP) is 4.71. The van der Waals surface area contributed by atoms with E-state index in [1.807, 2.05) is 24.3 Å². The summed E-state index contributed by atoms with van der Waals surface area (Å²) in [7, 11) is 0. The Labute approximate surface area is 146 Å². The minimum Gasteiger partial charge on any atom is -0.355 e. The molecule has 1 aliphatic carbocycles. The maximum Gasteiger partial charge on any atom is 0.418 e. The number of para-hydroxylation sites is 1. The van der Waals surface area contributed by atoms with Crippen molar-refractivity contribution in [1.82, 2.24) is 5.16 Å². The van der Waals surface area contributed by atoms with Crippen LogP contribution >= 0.6 is 0 Å². The highest BCUT2D eigenvalue weighted by molar-refractivity contribution is 6.05. The highest BCUT2D eigenvalue weighted by Crippen LogP contribution is 2.37. The van der Waals surface area contributed by atoms with Crippen LogP contribution in [0.25, 0.3) is 11.3 Å². The van der Waals surface area contributed by atoms with Crippen molar-refractivity contribution in [1.29, 1.82) is 0 Å². The summed E-state index contributed by atoms with van der Waals surface area (Å²) in [5.41, 5.74) is 1.37. The molecule has 3 aromatic rings. The number of carbonyl (C=O) groups excluding carboxylic acids is 1. The van der Waals surface area contributed by atoms with E-state index in [2.05, 4.69) is 10.5 Å². The smallest absolute Gasteiger partial charge is 0.355 e. The molecule has 0 atom stereocenters. The van der Waals surface area contributed by atoms with Gasteiger partial charge in [-0.05, 0) is 30.5 Å². The molecule has 7 heteroatoms. The molecular formula is C19H13F3N2O2. The molecule has 0 bridgehead atoms. The van der Waals surface area contributed by atoms with Gasteiger partial charge in [0.25, 0.3) is 5.91 Å². The topological polar surface area (TPSA) is 55.1 Å². The SMILES string of the molecule is O=C(Nc1ccccc1C(F)(F)F)c1noc2c1CCc1ccccc1-2. The fraction of sp³-hybridized carbons (Fsp3) is 0.158. The number of hydrogen-bond donors (Lipinski definition) is 1. The van der Waals surface area contributed by atoms with Gasteiger partial charge in [-0.15, -0.1) is 0 Å². The maximum atomic E-state index is 13.1. The normalized spacial score (nSPS) is 13.0. The van der Waals surface area contributed by atoms with Crippen molar-refractivity contribution in [3.63, 3.8) is 0 Å². The molecule has 0 saturated heterocycles. The van der Waals surface area contributed by atoms with Crippen molar-refractivity contribution in [2.75, 3.05) is 5.32 Å². The van der Waals surface area contributed by atoms with E-state index in [-0.39, 0.29) is 11.4 Å². The third-order valence-electron chi connectivity index (χ3n) is 4.39. The molecule has 0 fully saturated rings. The van der Waals surface area contributed by atoms with Gasteiger partial charge in [-0.25, -0.2) is 0 Å². The summed E-state index contributed by atoms with van der Waals surface area (Å²) in [6.45, 7) is 0. The lowest BCUT2D eigenvalue weighted by Gasteiger charge is -2.15. The number of fused-ring (bicyclic) bond motifs is 3. The number of rotatable bonds is 2. The summed E-state index contributed by atoms with van der Waals surface area (Å²) in [5, 5.41) is 6.13. The van der Waals surface area contributed by atoms with Crippen molar-refractivity contribution in [2.24, 2.45) is 0 Å². The standard InChI is InChI=1S/C19H13F3N2O2/c20-19(21,22)14-7-3-4-8-15(14)23-18(25)16-13-10-9-11-5-1-2-6-12(11)17(13)26-24-16/h1-8H,9-10H2,(H,23,25). The zero-order valence-electron chi connectivity index (χ0n) is 13.4. The molecule has 2 aromatic carbocycles. The first kappa shape index (κ1) is 16.4. The van der Waals surface area contributed by atoms with Crippen LogP contribution in [0.4, 0.5) is 18.9 Å². The van der Waals surface area contributed by atoms with Gasteiger partial charge in [-0.2, -0.15) is 13.2 Å². The molecule has 1 aromatic heterocycles. The van der Waals surface area contributed by atoms with E-state index in [1.54, 1.807) is 0 Å².